The van der Waals surface area contributed by atoms with Gasteiger partial charge in [-0.05, 0) is 35.9 Å². The third-order valence-electron chi connectivity index (χ3n) is 2.40. The van der Waals surface area contributed by atoms with Crippen LogP contribution >= 0.6 is 11.6 Å². The summed E-state index contributed by atoms with van der Waals surface area (Å²) in [6.07, 6.45) is 3.59. The molecule has 0 radical (unpaired) electrons. The average molecular weight is 234 g/mol. The summed E-state index contributed by atoms with van der Waals surface area (Å²) in [5, 5.41) is 0.343. The summed E-state index contributed by atoms with van der Waals surface area (Å²) < 4.78 is 7.18. The van der Waals surface area contributed by atoms with E-state index in [-0.39, 0.29) is 0 Å². The average Bonchev–Trinajstić information content (AvgIpc) is 2.84. The van der Waals surface area contributed by atoms with Crippen molar-refractivity contribution in [2.24, 2.45) is 0 Å². The maximum atomic E-state index is 5.84. The van der Waals surface area contributed by atoms with E-state index in [1.165, 1.54) is 0 Å². The fraction of sp³-hybridized carbons (Fsp3) is 0. The molecule has 0 atom stereocenters. The Morgan fingerprint density at radius 1 is 1.31 bits per heavy atom. The van der Waals surface area contributed by atoms with E-state index in [2.05, 4.69) is 4.98 Å². The highest BCUT2D eigenvalue weighted by Crippen LogP contribution is 2.25. The second kappa shape index (κ2) is 3.28. The van der Waals surface area contributed by atoms with E-state index in [4.69, 9.17) is 21.8 Å². The lowest BCUT2D eigenvalue weighted by Gasteiger charge is -1.99. The Hall–Kier alpha value is -1.94. The lowest BCUT2D eigenvalue weighted by molar-refractivity contribution is 0.579. The van der Waals surface area contributed by atoms with Crippen LogP contribution in [-0.2, 0) is 0 Å². The highest BCUT2D eigenvalue weighted by Gasteiger charge is 2.11. The van der Waals surface area contributed by atoms with E-state index in [0.717, 1.165) is 5.52 Å². The summed E-state index contributed by atoms with van der Waals surface area (Å²) in [4.78, 5) is 4.27. The molecule has 0 amide bonds. The summed E-state index contributed by atoms with van der Waals surface area (Å²) in [5.74, 6) is 1.31. The fourth-order valence-electron chi connectivity index (χ4n) is 1.66. The predicted molar refractivity (Wildman–Crippen MR) is 62.3 cm³/mol. The number of hydrogen-bond acceptors (Lipinski definition) is 3. The predicted octanol–water partition coefficient (Wildman–Crippen LogP) is 2.83. The summed E-state index contributed by atoms with van der Waals surface area (Å²) in [6.45, 7) is 0. The Kier molecular flexibility index (Phi) is 1.91. The van der Waals surface area contributed by atoms with Crippen LogP contribution in [0.25, 0.3) is 17.1 Å². The van der Waals surface area contributed by atoms with Gasteiger partial charge >= 0.3 is 0 Å². The van der Waals surface area contributed by atoms with Gasteiger partial charge in [-0.1, -0.05) is 0 Å². The van der Waals surface area contributed by atoms with Gasteiger partial charge in [0.2, 0.25) is 0 Å². The van der Waals surface area contributed by atoms with E-state index >= 15 is 0 Å². The van der Waals surface area contributed by atoms with Crippen LogP contribution in [0, 0.1) is 0 Å². The standard InChI is InChI=1S/C11H8ClN3O/c12-10-4-3-9(16-10)11-14-6-8-7(13)2-1-5-15(8)11/h1-6H,13H2. The number of nitrogens with two attached hydrogens (primary N) is 1. The van der Waals surface area contributed by atoms with Gasteiger partial charge in [-0.3, -0.25) is 4.40 Å². The first-order valence-corrected chi connectivity index (χ1v) is 5.11. The second-order valence-corrected chi connectivity index (χ2v) is 3.78. The highest BCUT2D eigenvalue weighted by atomic mass is 35.5. The number of furan rings is 1. The number of halogens is 1. The van der Waals surface area contributed by atoms with Crippen molar-refractivity contribution in [1.82, 2.24) is 9.38 Å². The van der Waals surface area contributed by atoms with E-state index < -0.39 is 0 Å². The number of hydrogen-bond donors (Lipinski definition) is 1. The molecule has 0 bridgehead atoms. The molecule has 3 rings (SSSR count). The van der Waals surface area contributed by atoms with Crippen molar-refractivity contribution in [3.8, 4) is 11.6 Å². The molecule has 16 heavy (non-hydrogen) atoms. The van der Waals surface area contributed by atoms with Crippen LogP contribution in [0.4, 0.5) is 5.69 Å². The summed E-state index contributed by atoms with van der Waals surface area (Å²) in [7, 11) is 0. The molecule has 3 aromatic rings. The Morgan fingerprint density at radius 2 is 2.19 bits per heavy atom. The third-order valence-corrected chi connectivity index (χ3v) is 2.60. The minimum absolute atomic E-state index is 0.343. The molecule has 0 fully saturated rings. The van der Waals surface area contributed by atoms with E-state index in [1.54, 1.807) is 18.3 Å². The molecule has 0 aliphatic heterocycles. The molecule has 3 heterocycles. The number of fused-ring (bicyclic) bond motifs is 1. The molecule has 0 aliphatic rings. The molecule has 0 saturated carbocycles. The Bertz CT molecular complexity index is 656. The third kappa shape index (κ3) is 1.27. The van der Waals surface area contributed by atoms with Gasteiger partial charge in [-0.15, -0.1) is 0 Å². The molecule has 0 spiro atoms. The van der Waals surface area contributed by atoms with Crippen LogP contribution < -0.4 is 5.73 Å². The van der Waals surface area contributed by atoms with Crippen LogP contribution in [0.5, 0.6) is 0 Å². The van der Waals surface area contributed by atoms with Crippen molar-refractivity contribution in [3.63, 3.8) is 0 Å². The molecule has 4 nitrogen and oxygen atoms in total. The molecule has 0 aromatic carbocycles. The Labute approximate surface area is 96.3 Å². The zero-order valence-corrected chi connectivity index (χ0v) is 8.98. The minimum Gasteiger partial charge on any atom is -0.441 e. The van der Waals surface area contributed by atoms with Gasteiger partial charge in [0.15, 0.2) is 16.8 Å². The van der Waals surface area contributed by atoms with Gasteiger partial charge in [0.05, 0.1) is 17.4 Å². The first-order valence-electron chi connectivity index (χ1n) is 4.73. The molecule has 3 aromatic heterocycles. The van der Waals surface area contributed by atoms with Crippen molar-refractivity contribution >= 4 is 22.8 Å². The molecule has 0 saturated heterocycles. The van der Waals surface area contributed by atoms with Gasteiger partial charge in [-0.25, -0.2) is 4.98 Å². The largest absolute Gasteiger partial charge is 0.441 e. The first kappa shape index (κ1) is 9.30. The quantitative estimate of drug-likeness (QED) is 0.703. The maximum Gasteiger partial charge on any atom is 0.194 e. The van der Waals surface area contributed by atoms with E-state index in [0.29, 0.717) is 22.5 Å². The van der Waals surface area contributed by atoms with Crippen LogP contribution in [0.3, 0.4) is 0 Å². The summed E-state index contributed by atoms with van der Waals surface area (Å²) >= 11 is 5.73. The van der Waals surface area contributed by atoms with Crippen molar-refractivity contribution in [2.75, 3.05) is 5.73 Å². The van der Waals surface area contributed by atoms with Gasteiger partial charge in [0.25, 0.3) is 0 Å². The topological polar surface area (TPSA) is 56.5 Å². The van der Waals surface area contributed by atoms with Crippen molar-refractivity contribution in [2.45, 2.75) is 0 Å². The number of nitrogen functional groups attached to an aromatic ring is 1. The number of imidazole rings is 1. The monoisotopic (exact) mass is 233 g/mol. The van der Waals surface area contributed by atoms with Crippen LogP contribution in [0.15, 0.2) is 41.1 Å². The molecule has 0 unspecified atom stereocenters. The number of pyridine rings is 1. The van der Waals surface area contributed by atoms with Gasteiger partial charge in [0.1, 0.15) is 0 Å². The number of aromatic nitrogens is 2. The molecule has 0 aliphatic carbocycles. The van der Waals surface area contributed by atoms with Crippen LogP contribution in [0.2, 0.25) is 5.22 Å². The molecule has 5 heteroatoms. The normalized spacial score (nSPS) is 11.1. The highest BCUT2D eigenvalue weighted by molar-refractivity contribution is 6.28. The zero-order chi connectivity index (χ0) is 11.1. The fourth-order valence-corrected chi connectivity index (χ4v) is 1.81. The van der Waals surface area contributed by atoms with Crippen LogP contribution in [0.1, 0.15) is 0 Å². The number of rotatable bonds is 1. The lowest BCUT2D eigenvalue weighted by atomic mass is 10.3. The van der Waals surface area contributed by atoms with E-state index in [9.17, 15) is 0 Å². The van der Waals surface area contributed by atoms with Crippen molar-refractivity contribution < 1.29 is 4.42 Å². The second-order valence-electron chi connectivity index (χ2n) is 3.40. The number of anilines is 1. The first-order chi connectivity index (χ1) is 7.75. The van der Waals surface area contributed by atoms with Crippen molar-refractivity contribution in [1.29, 1.82) is 0 Å². The smallest absolute Gasteiger partial charge is 0.194 e. The Balaban J connectivity index is 2.29. The Morgan fingerprint density at radius 3 is 2.94 bits per heavy atom. The molecular formula is C11H8ClN3O. The number of nitrogens with zero attached hydrogens (tertiary/aromatic N) is 2. The summed E-state index contributed by atoms with van der Waals surface area (Å²) in [6, 6.07) is 7.15. The molecule has 2 N–H and O–H groups in total. The van der Waals surface area contributed by atoms with Crippen LogP contribution in [-0.4, -0.2) is 9.38 Å². The van der Waals surface area contributed by atoms with Gasteiger partial charge < -0.3 is 10.2 Å². The van der Waals surface area contributed by atoms with Gasteiger partial charge in [-0.2, -0.15) is 0 Å². The maximum absolute atomic E-state index is 5.84. The molecular weight excluding hydrogens is 226 g/mol. The zero-order valence-electron chi connectivity index (χ0n) is 8.22. The van der Waals surface area contributed by atoms with Crippen molar-refractivity contribution in [3.05, 3.63) is 41.9 Å². The summed E-state index contributed by atoms with van der Waals surface area (Å²) in [5.41, 5.74) is 7.37. The van der Waals surface area contributed by atoms with Gasteiger partial charge in [0, 0.05) is 6.20 Å². The molecule has 80 valence electrons. The lowest BCUT2D eigenvalue weighted by Crippen LogP contribution is -1.92. The minimum atomic E-state index is 0.343. The van der Waals surface area contributed by atoms with E-state index in [1.807, 2.05) is 22.7 Å². The SMILES string of the molecule is Nc1cccn2c(-c3ccc(Cl)o3)ncc12.